The van der Waals surface area contributed by atoms with E-state index in [0.29, 0.717) is 22.5 Å². The lowest BCUT2D eigenvalue weighted by Gasteiger charge is -2.60. The lowest BCUT2D eigenvalue weighted by Crippen LogP contribution is -2.54. The van der Waals surface area contributed by atoms with Crippen molar-refractivity contribution in [1.29, 1.82) is 0 Å². The molecule has 1 heterocycles. The van der Waals surface area contributed by atoms with Crippen molar-refractivity contribution in [3.63, 3.8) is 0 Å². The summed E-state index contributed by atoms with van der Waals surface area (Å²) < 4.78 is 5.91. The molecule has 5 rings (SSSR count). The summed E-state index contributed by atoms with van der Waals surface area (Å²) in [6.07, 6.45) is 11.2. The summed E-state index contributed by atoms with van der Waals surface area (Å²) in [4.78, 5) is 12.0. The maximum atomic E-state index is 12.0. The Morgan fingerprint density at radius 3 is 2.42 bits per heavy atom. The molecule has 0 aromatic rings. The molecule has 0 spiro atoms. The van der Waals surface area contributed by atoms with Crippen LogP contribution in [-0.2, 0) is 9.53 Å². The quantitative estimate of drug-likeness (QED) is 0.633. The molecular weight excluding hydrogens is 296 g/mol. The first-order valence-corrected chi connectivity index (χ1v) is 10.5. The third-order valence-corrected chi connectivity index (χ3v) is 9.82. The molecule has 1 saturated heterocycles. The molecule has 0 radical (unpaired) electrons. The molecule has 134 valence electrons. The summed E-state index contributed by atoms with van der Waals surface area (Å²) in [5.41, 5.74) is 1.17. The second kappa shape index (κ2) is 4.87. The molecule has 0 unspecified atom stereocenters. The predicted molar refractivity (Wildman–Crippen MR) is 94.6 cm³/mol. The van der Waals surface area contributed by atoms with Crippen LogP contribution in [0.1, 0.15) is 78.6 Å². The van der Waals surface area contributed by atoms with Gasteiger partial charge in [-0.25, -0.2) is 0 Å². The smallest absolute Gasteiger partial charge is 0.133 e. The Hall–Kier alpha value is -0.370. The van der Waals surface area contributed by atoms with E-state index >= 15 is 0 Å². The van der Waals surface area contributed by atoms with Crippen LogP contribution in [0.2, 0.25) is 0 Å². The molecule has 0 amide bonds. The Balaban J connectivity index is 1.44. The number of hydrogen-bond acceptors (Lipinski definition) is 2. The van der Waals surface area contributed by atoms with Gasteiger partial charge in [-0.1, -0.05) is 13.8 Å². The first-order chi connectivity index (χ1) is 11.4. The van der Waals surface area contributed by atoms with Crippen molar-refractivity contribution >= 4 is 5.78 Å². The monoisotopic (exact) mass is 330 g/mol. The van der Waals surface area contributed by atoms with Crippen molar-refractivity contribution in [3.8, 4) is 0 Å². The molecule has 0 N–H and O–H groups in total. The average molecular weight is 331 g/mol. The number of epoxide rings is 1. The molecule has 4 aliphatic carbocycles. The summed E-state index contributed by atoms with van der Waals surface area (Å²) in [6.45, 7) is 8.52. The van der Waals surface area contributed by atoms with Gasteiger partial charge in [-0.3, -0.25) is 4.79 Å². The van der Waals surface area contributed by atoms with Gasteiger partial charge in [0.25, 0.3) is 0 Å². The van der Waals surface area contributed by atoms with Gasteiger partial charge in [0.2, 0.25) is 0 Å². The highest BCUT2D eigenvalue weighted by Crippen LogP contribution is 2.69. The fourth-order valence-corrected chi connectivity index (χ4v) is 8.36. The van der Waals surface area contributed by atoms with Crippen molar-refractivity contribution in [2.75, 3.05) is 6.61 Å². The molecule has 5 aliphatic rings. The molecule has 8 atom stereocenters. The van der Waals surface area contributed by atoms with Crippen molar-refractivity contribution in [2.24, 2.45) is 40.4 Å². The highest BCUT2D eigenvalue weighted by atomic mass is 16.6. The number of hydrogen-bond donors (Lipinski definition) is 0. The van der Waals surface area contributed by atoms with Gasteiger partial charge in [0.15, 0.2) is 0 Å². The van der Waals surface area contributed by atoms with Gasteiger partial charge in [-0.2, -0.15) is 0 Å². The lowest BCUT2D eigenvalue weighted by molar-refractivity contribution is -0.140. The van der Waals surface area contributed by atoms with Crippen LogP contribution in [0, 0.1) is 40.4 Å². The molecule has 0 bridgehead atoms. The van der Waals surface area contributed by atoms with Crippen molar-refractivity contribution in [1.82, 2.24) is 0 Å². The standard InChI is InChI=1S/C22H34O2/c1-20-10-8-15(23)12-14(20)4-5-16-17-6-7-19(22(3)13-24-22)21(17,2)11-9-18(16)20/h14,16-19H,4-13H2,1-3H3/t14-,16-,17+,18+,19+,20-,21-,22+/m0/s1. The Kier molecular flexibility index (Phi) is 3.22. The molecule has 24 heavy (non-hydrogen) atoms. The van der Waals surface area contributed by atoms with Crippen LogP contribution in [0.15, 0.2) is 0 Å². The normalized spacial score (nSPS) is 59.5. The molecule has 4 saturated carbocycles. The van der Waals surface area contributed by atoms with Crippen molar-refractivity contribution in [2.45, 2.75) is 84.2 Å². The fraction of sp³-hybridized carbons (Fsp3) is 0.955. The van der Waals surface area contributed by atoms with E-state index in [1.807, 2.05) is 0 Å². The zero-order chi connectivity index (χ0) is 16.7. The maximum absolute atomic E-state index is 12.0. The Labute approximate surface area is 147 Å². The minimum absolute atomic E-state index is 0.203. The maximum Gasteiger partial charge on any atom is 0.133 e. The summed E-state index contributed by atoms with van der Waals surface area (Å²) in [7, 11) is 0. The topological polar surface area (TPSA) is 29.6 Å². The minimum Gasteiger partial charge on any atom is -0.370 e. The van der Waals surface area contributed by atoms with E-state index in [-0.39, 0.29) is 5.60 Å². The zero-order valence-corrected chi connectivity index (χ0v) is 15.8. The second-order valence-corrected chi connectivity index (χ2v) is 10.7. The molecule has 1 aliphatic heterocycles. The van der Waals surface area contributed by atoms with Gasteiger partial charge in [0.05, 0.1) is 12.2 Å². The molecule has 0 aromatic carbocycles. The van der Waals surface area contributed by atoms with E-state index in [2.05, 4.69) is 20.8 Å². The van der Waals surface area contributed by atoms with Crippen LogP contribution < -0.4 is 0 Å². The first kappa shape index (κ1) is 15.9. The zero-order valence-electron chi connectivity index (χ0n) is 15.8. The number of carbonyl (C=O) groups is 1. The number of rotatable bonds is 1. The van der Waals surface area contributed by atoms with Crippen LogP contribution in [-0.4, -0.2) is 18.0 Å². The average Bonchev–Trinajstić information content (AvgIpc) is 3.17. The van der Waals surface area contributed by atoms with Gasteiger partial charge in [0.1, 0.15) is 5.78 Å². The summed E-state index contributed by atoms with van der Waals surface area (Å²) >= 11 is 0. The third kappa shape index (κ3) is 1.95. The largest absolute Gasteiger partial charge is 0.370 e. The Morgan fingerprint density at radius 2 is 1.67 bits per heavy atom. The van der Waals surface area contributed by atoms with E-state index in [0.717, 1.165) is 43.1 Å². The SMILES string of the molecule is C[C@]12CCC(=O)C[C@@H]1CC[C@@H]1[C@H]2CC[C@@]2(C)[C@@H]1CC[C@H]2[C@@]1(C)CO1. The summed E-state index contributed by atoms with van der Waals surface area (Å²) in [6, 6.07) is 0. The van der Waals surface area contributed by atoms with E-state index in [4.69, 9.17) is 4.74 Å². The molecule has 5 fully saturated rings. The minimum atomic E-state index is 0.203. The number of carbonyl (C=O) groups excluding carboxylic acids is 1. The second-order valence-electron chi connectivity index (χ2n) is 10.7. The third-order valence-electron chi connectivity index (χ3n) is 9.82. The number of fused-ring (bicyclic) bond motifs is 5. The first-order valence-electron chi connectivity index (χ1n) is 10.5. The van der Waals surface area contributed by atoms with Gasteiger partial charge < -0.3 is 4.74 Å². The summed E-state index contributed by atoms with van der Waals surface area (Å²) in [5, 5.41) is 0. The highest BCUT2D eigenvalue weighted by Gasteiger charge is 2.65. The molecule has 2 heteroatoms. The van der Waals surface area contributed by atoms with Gasteiger partial charge in [-0.15, -0.1) is 0 Å². The van der Waals surface area contributed by atoms with Crippen LogP contribution in [0.25, 0.3) is 0 Å². The molecule has 2 nitrogen and oxygen atoms in total. The molecule has 0 aromatic heterocycles. The molecular formula is C22H34O2. The number of Topliss-reactive ketones (excluding diaryl/α,β-unsaturated/α-hetero) is 1. The van der Waals surface area contributed by atoms with E-state index < -0.39 is 0 Å². The Morgan fingerprint density at radius 1 is 0.917 bits per heavy atom. The van der Waals surface area contributed by atoms with Crippen LogP contribution in [0.5, 0.6) is 0 Å². The van der Waals surface area contributed by atoms with Crippen LogP contribution in [0.4, 0.5) is 0 Å². The van der Waals surface area contributed by atoms with Crippen molar-refractivity contribution < 1.29 is 9.53 Å². The number of ether oxygens (including phenoxy) is 1. The van der Waals surface area contributed by atoms with E-state index in [9.17, 15) is 4.79 Å². The highest BCUT2D eigenvalue weighted by molar-refractivity contribution is 5.79. The van der Waals surface area contributed by atoms with Crippen LogP contribution >= 0.6 is 0 Å². The van der Waals surface area contributed by atoms with E-state index in [1.54, 1.807) is 0 Å². The predicted octanol–water partition coefficient (Wildman–Crippen LogP) is 5.00. The van der Waals surface area contributed by atoms with E-state index in [1.165, 1.54) is 44.9 Å². The van der Waals surface area contributed by atoms with Crippen LogP contribution in [0.3, 0.4) is 0 Å². The summed E-state index contributed by atoms with van der Waals surface area (Å²) in [5.74, 6) is 4.73. The van der Waals surface area contributed by atoms with Gasteiger partial charge >= 0.3 is 0 Å². The van der Waals surface area contributed by atoms with Crippen molar-refractivity contribution in [3.05, 3.63) is 0 Å². The van der Waals surface area contributed by atoms with Gasteiger partial charge in [0, 0.05) is 12.8 Å². The van der Waals surface area contributed by atoms with Gasteiger partial charge in [-0.05, 0) is 92.3 Å². The lowest BCUT2D eigenvalue weighted by atomic mass is 9.44. The number of ketones is 1. The Bertz CT molecular complexity index is 564. The fourth-order valence-electron chi connectivity index (χ4n) is 8.36.